The highest BCUT2D eigenvalue weighted by Gasteiger charge is 2.24. The molecule has 0 bridgehead atoms. The molecule has 18 heavy (non-hydrogen) atoms. The van der Waals surface area contributed by atoms with E-state index in [1.165, 1.54) is 12.0 Å². The molecule has 0 saturated carbocycles. The van der Waals surface area contributed by atoms with E-state index in [0.29, 0.717) is 11.3 Å². The van der Waals surface area contributed by atoms with E-state index in [2.05, 4.69) is 10.1 Å². The van der Waals surface area contributed by atoms with E-state index in [1.807, 2.05) is 0 Å². The van der Waals surface area contributed by atoms with Gasteiger partial charge in [0.05, 0.1) is 19.2 Å². The first-order valence-corrected chi connectivity index (χ1v) is 5.37. The lowest BCUT2D eigenvalue weighted by Gasteiger charge is -2.26. The van der Waals surface area contributed by atoms with Crippen molar-refractivity contribution in [3.63, 3.8) is 0 Å². The predicted octanol–water partition coefficient (Wildman–Crippen LogP) is -0.0640. The quantitative estimate of drug-likeness (QED) is 0.744. The van der Waals surface area contributed by atoms with Crippen molar-refractivity contribution in [1.29, 1.82) is 0 Å². The minimum atomic E-state index is -0.440. The summed E-state index contributed by atoms with van der Waals surface area (Å²) in [6, 6.07) is 6.34. The summed E-state index contributed by atoms with van der Waals surface area (Å²) in [5.41, 5.74) is 0.984. The second kappa shape index (κ2) is 4.87. The number of hydrogen-bond acceptors (Lipinski definition) is 4. The number of anilines is 1. The topological polar surface area (TPSA) is 75.7 Å². The Morgan fingerprint density at radius 2 is 1.94 bits per heavy atom. The average Bonchev–Trinajstić information content (AvgIpc) is 2.41. The molecule has 0 atom stereocenters. The van der Waals surface area contributed by atoms with Crippen molar-refractivity contribution in [2.24, 2.45) is 0 Å². The van der Waals surface area contributed by atoms with Crippen LogP contribution in [0.5, 0.6) is 0 Å². The van der Waals surface area contributed by atoms with Crippen molar-refractivity contribution in [1.82, 2.24) is 5.32 Å². The standard InChI is InChI=1S/C12H12N2O4/c1-18-12(17)8-2-4-9(5-3-8)14-7-10(15)13-6-11(14)16/h2-5H,6-7H2,1H3,(H,13,15). The SMILES string of the molecule is COC(=O)c1ccc(N2CC(=O)NCC2=O)cc1. The minimum absolute atomic E-state index is 0.00239. The molecule has 2 rings (SSSR count). The molecule has 0 unspecified atom stereocenters. The van der Waals surface area contributed by atoms with Gasteiger partial charge >= 0.3 is 5.97 Å². The summed E-state index contributed by atoms with van der Waals surface area (Å²) < 4.78 is 4.58. The number of carbonyl (C=O) groups excluding carboxylic acids is 3. The predicted molar refractivity (Wildman–Crippen MR) is 63.1 cm³/mol. The third-order valence-corrected chi connectivity index (χ3v) is 2.64. The molecular formula is C12H12N2O4. The Bertz CT molecular complexity index is 495. The number of amides is 2. The Labute approximate surface area is 104 Å². The highest BCUT2D eigenvalue weighted by atomic mass is 16.5. The van der Waals surface area contributed by atoms with Crippen LogP contribution >= 0.6 is 0 Å². The van der Waals surface area contributed by atoms with Gasteiger partial charge < -0.3 is 15.0 Å². The fraction of sp³-hybridized carbons (Fsp3) is 0.250. The number of esters is 1. The van der Waals surface area contributed by atoms with Crippen LogP contribution in [0.1, 0.15) is 10.4 Å². The average molecular weight is 248 g/mol. The van der Waals surface area contributed by atoms with Crippen LogP contribution in [0.3, 0.4) is 0 Å². The Kier molecular flexibility index (Phi) is 3.27. The molecule has 1 saturated heterocycles. The summed E-state index contributed by atoms with van der Waals surface area (Å²) >= 11 is 0. The van der Waals surface area contributed by atoms with Crippen LogP contribution in [0.15, 0.2) is 24.3 Å². The molecular weight excluding hydrogens is 236 g/mol. The zero-order valence-electron chi connectivity index (χ0n) is 9.80. The third-order valence-electron chi connectivity index (χ3n) is 2.64. The molecule has 0 radical (unpaired) electrons. The second-order valence-electron chi connectivity index (χ2n) is 3.80. The Morgan fingerprint density at radius 1 is 1.28 bits per heavy atom. The van der Waals surface area contributed by atoms with Gasteiger partial charge in [-0.2, -0.15) is 0 Å². The number of ether oxygens (including phenoxy) is 1. The van der Waals surface area contributed by atoms with E-state index >= 15 is 0 Å². The second-order valence-corrected chi connectivity index (χ2v) is 3.80. The van der Waals surface area contributed by atoms with Gasteiger partial charge in [0.2, 0.25) is 11.8 Å². The van der Waals surface area contributed by atoms with Crippen LogP contribution in [0.25, 0.3) is 0 Å². The van der Waals surface area contributed by atoms with E-state index in [9.17, 15) is 14.4 Å². The summed E-state index contributed by atoms with van der Waals surface area (Å²) in [5, 5.41) is 2.47. The Hall–Kier alpha value is -2.37. The molecule has 6 nitrogen and oxygen atoms in total. The van der Waals surface area contributed by atoms with Crippen molar-refractivity contribution >= 4 is 23.5 Å². The number of benzene rings is 1. The third kappa shape index (κ3) is 2.32. The number of nitrogens with one attached hydrogen (secondary N) is 1. The maximum Gasteiger partial charge on any atom is 0.337 e. The lowest BCUT2D eigenvalue weighted by Crippen LogP contribution is -2.51. The van der Waals surface area contributed by atoms with Crippen LogP contribution in [0.2, 0.25) is 0 Å². The molecule has 0 spiro atoms. The van der Waals surface area contributed by atoms with Gasteiger partial charge in [-0.3, -0.25) is 9.59 Å². The molecule has 1 aromatic rings. The van der Waals surface area contributed by atoms with E-state index in [1.54, 1.807) is 24.3 Å². The molecule has 2 amide bonds. The van der Waals surface area contributed by atoms with Crippen LogP contribution in [-0.4, -0.2) is 38.0 Å². The Morgan fingerprint density at radius 3 is 2.56 bits per heavy atom. The van der Waals surface area contributed by atoms with E-state index in [0.717, 1.165) is 0 Å². The zero-order valence-corrected chi connectivity index (χ0v) is 9.80. The lowest BCUT2D eigenvalue weighted by atomic mass is 10.2. The van der Waals surface area contributed by atoms with Crippen molar-refractivity contribution in [2.45, 2.75) is 0 Å². The number of methoxy groups -OCH3 is 1. The number of piperazine rings is 1. The highest BCUT2D eigenvalue weighted by Crippen LogP contribution is 2.17. The molecule has 1 aliphatic heterocycles. The number of hydrogen-bond donors (Lipinski definition) is 1. The first-order chi connectivity index (χ1) is 8.61. The van der Waals surface area contributed by atoms with Crippen LogP contribution < -0.4 is 10.2 Å². The van der Waals surface area contributed by atoms with Crippen LogP contribution in [0.4, 0.5) is 5.69 Å². The fourth-order valence-corrected chi connectivity index (χ4v) is 1.69. The molecule has 1 fully saturated rings. The van der Waals surface area contributed by atoms with Gasteiger partial charge in [0.1, 0.15) is 6.54 Å². The summed E-state index contributed by atoms with van der Waals surface area (Å²) in [6.45, 7) is -0.00596. The van der Waals surface area contributed by atoms with Crippen molar-refractivity contribution in [3.8, 4) is 0 Å². The van der Waals surface area contributed by atoms with E-state index in [-0.39, 0.29) is 24.9 Å². The van der Waals surface area contributed by atoms with Gasteiger partial charge in [-0.1, -0.05) is 0 Å². The van der Waals surface area contributed by atoms with Crippen molar-refractivity contribution < 1.29 is 19.1 Å². The monoisotopic (exact) mass is 248 g/mol. The largest absolute Gasteiger partial charge is 0.465 e. The maximum atomic E-state index is 11.6. The molecule has 94 valence electrons. The number of rotatable bonds is 2. The van der Waals surface area contributed by atoms with Gasteiger partial charge in [-0.05, 0) is 24.3 Å². The summed E-state index contributed by atoms with van der Waals surface area (Å²) in [5.74, 6) is -0.823. The first-order valence-electron chi connectivity index (χ1n) is 5.37. The zero-order chi connectivity index (χ0) is 13.1. The van der Waals surface area contributed by atoms with Crippen LogP contribution in [0, 0.1) is 0 Å². The van der Waals surface area contributed by atoms with Crippen LogP contribution in [-0.2, 0) is 14.3 Å². The van der Waals surface area contributed by atoms with Gasteiger partial charge in [-0.15, -0.1) is 0 Å². The Balaban J connectivity index is 2.20. The maximum absolute atomic E-state index is 11.6. The minimum Gasteiger partial charge on any atom is -0.465 e. The molecule has 1 aromatic carbocycles. The molecule has 1 aliphatic rings. The number of carbonyl (C=O) groups is 3. The molecule has 0 aliphatic carbocycles. The summed E-state index contributed by atoms with van der Waals surface area (Å²) in [4.78, 5) is 35.5. The number of nitrogens with zero attached hydrogens (tertiary/aromatic N) is 1. The van der Waals surface area contributed by atoms with Crippen molar-refractivity contribution in [2.75, 3.05) is 25.1 Å². The molecule has 1 N–H and O–H groups in total. The fourth-order valence-electron chi connectivity index (χ4n) is 1.69. The van der Waals surface area contributed by atoms with Crippen molar-refractivity contribution in [3.05, 3.63) is 29.8 Å². The lowest BCUT2D eigenvalue weighted by molar-refractivity contribution is -0.128. The summed E-state index contributed by atoms with van der Waals surface area (Å²) in [7, 11) is 1.30. The first kappa shape index (κ1) is 12.1. The van der Waals surface area contributed by atoms with Gasteiger partial charge in [-0.25, -0.2) is 4.79 Å². The summed E-state index contributed by atoms with van der Waals surface area (Å²) in [6.07, 6.45) is 0. The van der Waals surface area contributed by atoms with Gasteiger partial charge in [0.15, 0.2) is 0 Å². The highest BCUT2D eigenvalue weighted by molar-refractivity contribution is 6.04. The molecule has 1 heterocycles. The van der Waals surface area contributed by atoms with Gasteiger partial charge in [0, 0.05) is 5.69 Å². The normalized spacial score (nSPS) is 15.3. The van der Waals surface area contributed by atoms with E-state index < -0.39 is 5.97 Å². The van der Waals surface area contributed by atoms with Gasteiger partial charge in [0.25, 0.3) is 0 Å². The van der Waals surface area contributed by atoms with E-state index in [4.69, 9.17) is 0 Å². The smallest absolute Gasteiger partial charge is 0.337 e. The molecule has 0 aromatic heterocycles. The molecule has 6 heteroatoms.